The van der Waals surface area contributed by atoms with E-state index in [1.54, 1.807) is 11.3 Å². The molecule has 2 aromatic rings. The van der Waals surface area contributed by atoms with Gasteiger partial charge in [-0.25, -0.2) is 0 Å². The van der Waals surface area contributed by atoms with Gasteiger partial charge in [0.2, 0.25) is 0 Å². The van der Waals surface area contributed by atoms with Gasteiger partial charge >= 0.3 is 0 Å². The molecule has 0 saturated carbocycles. The molecular weight excluding hydrogens is 270 g/mol. The largest absolute Gasteiger partial charge is 0.320 e. The van der Waals surface area contributed by atoms with Crippen LogP contribution in [0.5, 0.6) is 0 Å². The van der Waals surface area contributed by atoms with E-state index in [1.807, 2.05) is 12.1 Å². The molecule has 0 fully saturated rings. The molecular formula is C12H12BrNS. The Morgan fingerprint density at radius 1 is 1.33 bits per heavy atom. The van der Waals surface area contributed by atoms with E-state index < -0.39 is 0 Å². The molecule has 2 rings (SSSR count). The molecule has 0 saturated heterocycles. The summed E-state index contributed by atoms with van der Waals surface area (Å²) >= 11 is 5.18. The predicted octanol–water partition coefficient (Wildman–Crippen LogP) is 3.87. The Hall–Kier alpha value is -0.640. The Bertz CT molecular complexity index is 451. The van der Waals surface area contributed by atoms with Crippen molar-refractivity contribution in [1.29, 1.82) is 0 Å². The number of hydrogen-bond acceptors (Lipinski definition) is 2. The van der Waals surface area contributed by atoms with Gasteiger partial charge in [-0.1, -0.05) is 28.1 Å². The third-order valence-corrected chi connectivity index (χ3v) is 3.87. The highest BCUT2D eigenvalue weighted by Crippen LogP contribution is 2.28. The Morgan fingerprint density at radius 2 is 2.13 bits per heavy atom. The lowest BCUT2D eigenvalue weighted by Crippen LogP contribution is -2.11. The highest BCUT2D eigenvalue weighted by atomic mass is 79.9. The Balaban J connectivity index is 2.41. The monoisotopic (exact) mass is 281 g/mol. The number of nitrogens with two attached hydrogens (primary N) is 1. The molecule has 0 aliphatic carbocycles. The van der Waals surface area contributed by atoms with Gasteiger partial charge in [0.05, 0.1) is 6.04 Å². The fraction of sp³-hybridized carbons (Fsp3) is 0.167. The van der Waals surface area contributed by atoms with Gasteiger partial charge in [0.1, 0.15) is 0 Å². The average molecular weight is 282 g/mol. The summed E-state index contributed by atoms with van der Waals surface area (Å²) in [4.78, 5) is 1.20. The van der Waals surface area contributed by atoms with Gasteiger partial charge in [-0.15, -0.1) is 11.3 Å². The quantitative estimate of drug-likeness (QED) is 0.889. The van der Waals surface area contributed by atoms with Crippen LogP contribution in [0.25, 0.3) is 0 Å². The van der Waals surface area contributed by atoms with Crippen LogP contribution in [0.4, 0.5) is 0 Å². The average Bonchev–Trinajstić information content (AvgIpc) is 2.74. The molecule has 0 aliphatic rings. The zero-order valence-electron chi connectivity index (χ0n) is 8.41. The number of thiophene rings is 1. The van der Waals surface area contributed by atoms with Crippen LogP contribution >= 0.6 is 27.3 Å². The minimum atomic E-state index is -0.0116. The molecule has 0 amide bonds. The molecule has 1 heterocycles. The third-order valence-electron chi connectivity index (χ3n) is 2.43. The molecule has 78 valence electrons. The number of benzene rings is 1. The number of halogens is 1. The van der Waals surface area contributed by atoms with Gasteiger partial charge in [-0.3, -0.25) is 0 Å². The van der Waals surface area contributed by atoms with Crippen LogP contribution in [0, 0.1) is 6.92 Å². The highest BCUT2D eigenvalue weighted by Gasteiger charge is 2.12. The Kier molecular flexibility index (Phi) is 3.24. The maximum atomic E-state index is 6.22. The van der Waals surface area contributed by atoms with Gasteiger partial charge in [0.15, 0.2) is 0 Å². The summed E-state index contributed by atoms with van der Waals surface area (Å²) in [5.74, 6) is 0. The van der Waals surface area contributed by atoms with Crippen molar-refractivity contribution in [3.05, 3.63) is 56.2 Å². The van der Waals surface area contributed by atoms with E-state index in [2.05, 4.69) is 46.4 Å². The molecule has 0 unspecified atom stereocenters. The van der Waals surface area contributed by atoms with Crippen molar-refractivity contribution in [2.75, 3.05) is 0 Å². The van der Waals surface area contributed by atoms with Crippen molar-refractivity contribution in [1.82, 2.24) is 0 Å². The molecule has 0 aliphatic heterocycles. The first-order valence-corrected chi connectivity index (χ1v) is 6.41. The van der Waals surface area contributed by atoms with Crippen LogP contribution in [-0.4, -0.2) is 0 Å². The Morgan fingerprint density at radius 3 is 2.80 bits per heavy atom. The third kappa shape index (κ3) is 2.30. The molecule has 1 nitrogen and oxygen atoms in total. The van der Waals surface area contributed by atoms with E-state index in [9.17, 15) is 0 Å². The van der Waals surface area contributed by atoms with Crippen LogP contribution in [-0.2, 0) is 0 Å². The number of hydrogen-bond donors (Lipinski definition) is 1. The smallest absolute Gasteiger partial charge is 0.0648 e. The highest BCUT2D eigenvalue weighted by molar-refractivity contribution is 9.10. The summed E-state index contributed by atoms with van der Waals surface area (Å²) in [5, 5.41) is 2.06. The van der Waals surface area contributed by atoms with Crippen LogP contribution in [0.1, 0.15) is 22.0 Å². The topological polar surface area (TPSA) is 26.0 Å². The van der Waals surface area contributed by atoms with E-state index in [-0.39, 0.29) is 6.04 Å². The van der Waals surface area contributed by atoms with E-state index in [4.69, 9.17) is 5.73 Å². The van der Waals surface area contributed by atoms with Crippen LogP contribution < -0.4 is 5.73 Å². The molecule has 1 aromatic carbocycles. The SMILES string of the molecule is Cc1ccc(Br)cc1[C@H](N)c1cccs1. The fourth-order valence-electron chi connectivity index (χ4n) is 1.57. The van der Waals surface area contributed by atoms with Crippen LogP contribution in [0.3, 0.4) is 0 Å². The molecule has 2 N–H and O–H groups in total. The summed E-state index contributed by atoms with van der Waals surface area (Å²) < 4.78 is 1.08. The molecule has 0 bridgehead atoms. The lowest BCUT2D eigenvalue weighted by atomic mass is 10.0. The molecule has 1 aromatic heterocycles. The molecule has 3 heteroatoms. The van der Waals surface area contributed by atoms with Crippen molar-refractivity contribution >= 4 is 27.3 Å². The van der Waals surface area contributed by atoms with Crippen LogP contribution in [0.2, 0.25) is 0 Å². The minimum Gasteiger partial charge on any atom is -0.320 e. The number of rotatable bonds is 2. The van der Waals surface area contributed by atoms with E-state index in [0.717, 1.165) is 4.47 Å². The zero-order valence-corrected chi connectivity index (χ0v) is 10.8. The summed E-state index contributed by atoms with van der Waals surface area (Å²) in [7, 11) is 0. The summed E-state index contributed by atoms with van der Waals surface area (Å²) in [5.41, 5.74) is 8.64. The van der Waals surface area contributed by atoms with Crippen molar-refractivity contribution < 1.29 is 0 Å². The first kappa shape index (κ1) is 10.9. The molecule has 1 atom stereocenters. The van der Waals surface area contributed by atoms with Crippen molar-refractivity contribution in [3.63, 3.8) is 0 Å². The van der Waals surface area contributed by atoms with E-state index in [1.165, 1.54) is 16.0 Å². The Labute approximate surface area is 102 Å². The van der Waals surface area contributed by atoms with Gasteiger partial charge < -0.3 is 5.73 Å². The molecule has 15 heavy (non-hydrogen) atoms. The van der Waals surface area contributed by atoms with E-state index >= 15 is 0 Å². The predicted molar refractivity (Wildman–Crippen MR) is 69.2 cm³/mol. The first-order chi connectivity index (χ1) is 7.18. The number of aryl methyl sites for hydroxylation is 1. The van der Waals surface area contributed by atoms with Gasteiger partial charge in [0, 0.05) is 9.35 Å². The molecule has 0 spiro atoms. The summed E-state index contributed by atoms with van der Waals surface area (Å²) in [6, 6.07) is 10.3. The van der Waals surface area contributed by atoms with Gasteiger partial charge in [0.25, 0.3) is 0 Å². The van der Waals surface area contributed by atoms with Gasteiger partial charge in [-0.05, 0) is 41.6 Å². The van der Waals surface area contributed by atoms with Crippen molar-refractivity contribution in [2.45, 2.75) is 13.0 Å². The summed E-state index contributed by atoms with van der Waals surface area (Å²) in [6.45, 7) is 2.09. The van der Waals surface area contributed by atoms with Gasteiger partial charge in [-0.2, -0.15) is 0 Å². The lowest BCUT2D eigenvalue weighted by molar-refractivity contribution is 0.881. The fourth-order valence-corrected chi connectivity index (χ4v) is 2.69. The maximum Gasteiger partial charge on any atom is 0.0648 e. The standard InChI is InChI=1S/C12H12BrNS/c1-8-4-5-9(13)7-10(8)12(14)11-3-2-6-15-11/h2-7,12H,14H2,1H3/t12-/m0/s1. The van der Waals surface area contributed by atoms with E-state index in [0.29, 0.717) is 0 Å². The lowest BCUT2D eigenvalue weighted by Gasteiger charge is -2.13. The maximum absolute atomic E-state index is 6.22. The minimum absolute atomic E-state index is 0.0116. The second-order valence-electron chi connectivity index (χ2n) is 3.49. The van der Waals surface area contributed by atoms with Crippen molar-refractivity contribution in [3.8, 4) is 0 Å². The normalized spacial score (nSPS) is 12.7. The van der Waals surface area contributed by atoms with Crippen LogP contribution in [0.15, 0.2) is 40.2 Å². The zero-order chi connectivity index (χ0) is 10.8. The van der Waals surface area contributed by atoms with Crippen molar-refractivity contribution in [2.24, 2.45) is 5.73 Å². The summed E-state index contributed by atoms with van der Waals surface area (Å²) in [6.07, 6.45) is 0. The molecule has 0 radical (unpaired) electrons. The first-order valence-electron chi connectivity index (χ1n) is 4.73. The second-order valence-corrected chi connectivity index (χ2v) is 5.39. The second kappa shape index (κ2) is 4.47.